The molecule has 3 N–H and O–H groups in total. The molecule has 1 atom stereocenters. The molecule has 2 heterocycles. The molecule has 1 aliphatic rings. The van der Waals surface area contributed by atoms with Crippen LogP contribution in [0.1, 0.15) is 40.8 Å². The number of aromatic nitrogens is 3. The van der Waals surface area contributed by atoms with Crippen LogP contribution in [0.4, 0.5) is 0 Å². The molecule has 1 aromatic heterocycles. The molecule has 5 rings (SSSR count). The smallest absolute Gasteiger partial charge is 0.448 e. The third kappa shape index (κ3) is 6.91. The van der Waals surface area contributed by atoms with Crippen LogP contribution in [0.15, 0.2) is 77.8 Å². The maximum atomic E-state index is 13.0. The van der Waals surface area contributed by atoms with E-state index in [2.05, 4.69) is 15.5 Å². The number of nitrogens with zero attached hydrogens (tertiary/aromatic N) is 4. The highest BCUT2D eigenvalue weighted by molar-refractivity contribution is 6.39. The number of hydrogen-bond donors (Lipinski definition) is 3. The first-order valence-corrected chi connectivity index (χ1v) is 12.8. The van der Waals surface area contributed by atoms with E-state index in [1.54, 1.807) is 7.11 Å². The van der Waals surface area contributed by atoms with Crippen LogP contribution in [0.2, 0.25) is 11.8 Å². The van der Waals surface area contributed by atoms with E-state index < -0.39 is 13.2 Å². The molecule has 1 amide bonds. The van der Waals surface area contributed by atoms with Crippen LogP contribution in [0, 0.1) is 6.92 Å². The van der Waals surface area contributed by atoms with Crippen LogP contribution in [0.5, 0.6) is 5.75 Å². The Labute approximate surface area is 232 Å². The van der Waals surface area contributed by atoms with E-state index in [0.717, 1.165) is 28.1 Å². The van der Waals surface area contributed by atoms with Gasteiger partial charge in [-0.25, -0.2) is 0 Å². The van der Waals surface area contributed by atoms with Crippen molar-refractivity contribution in [3.05, 3.63) is 106 Å². The number of fused-ring (bicyclic) bond motifs is 3. The van der Waals surface area contributed by atoms with Crippen LogP contribution < -0.4 is 10.1 Å². The molecule has 0 unspecified atom stereocenters. The Morgan fingerprint density at radius 2 is 1.77 bits per heavy atom. The maximum Gasteiger partial charge on any atom is 0.448 e. The zero-order valence-electron chi connectivity index (χ0n) is 21.9. The molecule has 4 aromatic rings. The van der Waals surface area contributed by atoms with Crippen molar-refractivity contribution in [3.63, 3.8) is 0 Å². The van der Waals surface area contributed by atoms with Gasteiger partial charge in [-0.1, -0.05) is 54.1 Å². The second-order valence-electron chi connectivity index (χ2n) is 8.92. The van der Waals surface area contributed by atoms with Gasteiger partial charge in [0.2, 0.25) is 5.91 Å². The lowest BCUT2D eigenvalue weighted by molar-refractivity contribution is -0.121. The number of benzene rings is 3. The number of aryl methyl sites for hydroxylation is 1. The number of ether oxygens (including phenoxy) is 1. The highest BCUT2D eigenvalue weighted by atomic mass is 35.5. The highest BCUT2D eigenvalue weighted by Crippen LogP contribution is 2.34. The van der Waals surface area contributed by atoms with E-state index in [-0.39, 0.29) is 12.3 Å². The summed E-state index contributed by atoms with van der Waals surface area (Å²) < 4.78 is 7.48. The molecule has 0 fully saturated rings. The van der Waals surface area contributed by atoms with E-state index in [0.29, 0.717) is 29.0 Å². The monoisotopic (exact) mass is 545 g/mol. The van der Waals surface area contributed by atoms with Gasteiger partial charge in [0.25, 0.3) is 0 Å². The lowest BCUT2D eigenvalue weighted by Crippen LogP contribution is -2.25. The molecule has 200 valence electrons. The van der Waals surface area contributed by atoms with Crippen LogP contribution >= 0.6 is 11.6 Å². The van der Waals surface area contributed by atoms with Crippen molar-refractivity contribution >= 4 is 30.3 Å². The predicted molar refractivity (Wildman–Crippen MR) is 151 cm³/mol. The SMILES string of the molecule is CB(O)O.COc1ccc2c(c1)C(c1ccc(Cl)cc1)=N[C@@H](CC(=O)NCc1ccccc1)c1nnc(C)n1-2. The Morgan fingerprint density at radius 1 is 1.08 bits per heavy atom. The summed E-state index contributed by atoms with van der Waals surface area (Å²) >= 11 is 6.15. The standard InChI is InChI=1S/C27H24ClN5O2.CH5BO2/c1-17-31-32-27-23(15-25(34)29-16-18-6-4-3-5-7-18)30-26(19-8-10-20(28)11-9-19)22-14-21(35-2)12-13-24(22)33(17)27;1-2(3)4/h3-14,23H,15-16H2,1-2H3,(H,29,34);3-4H,1H3/t23-;/m0./s1. The fourth-order valence-corrected chi connectivity index (χ4v) is 4.35. The van der Waals surface area contributed by atoms with Gasteiger partial charge >= 0.3 is 7.12 Å². The fraction of sp³-hybridized carbons (Fsp3) is 0.214. The lowest BCUT2D eigenvalue weighted by atomic mass is 9.99. The van der Waals surface area contributed by atoms with Gasteiger partial charge in [-0.15, -0.1) is 10.2 Å². The largest absolute Gasteiger partial charge is 0.497 e. The predicted octanol–water partition coefficient (Wildman–Crippen LogP) is 3.93. The summed E-state index contributed by atoms with van der Waals surface area (Å²) in [5.41, 5.74) is 4.40. The van der Waals surface area contributed by atoms with Gasteiger partial charge < -0.3 is 20.1 Å². The molecule has 0 spiro atoms. The van der Waals surface area contributed by atoms with Crippen molar-refractivity contribution in [2.45, 2.75) is 32.8 Å². The second kappa shape index (κ2) is 12.7. The number of methoxy groups -OCH3 is 1. The molecule has 0 aliphatic carbocycles. The number of aliphatic imine (C=N–C) groups is 1. The zero-order chi connectivity index (χ0) is 27.9. The molecule has 3 aromatic carbocycles. The normalized spacial score (nSPS) is 13.6. The summed E-state index contributed by atoms with van der Waals surface area (Å²) in [6, 6.07) is 22.6. The number of amides is 1. The van der Waals surface area contributed by atoms with Gasteiger partial charge in [-0.05, 0) is 49.6 Å². The van der Waals surface area contributed by atoms with Crippen molar-refractivity contribution in [3.8, 4) is 11.4 Å². The fourth-order valence-electron chi connectivity index (χ4n) is 4.22. The maximum absolute atomic E-state index is 13.0. The van der Waals surface area contributed by atoms with Gasteiger partial charge in [0, 0.05) is 22.7 Å². The highest BCUT2D eigenvalue weighted by Gasteiger charge is 2.30. The number of carbonyl (C=O) groups excluding carboxylic acids is 1. The summed E-state index contributed by atoms with van der Waals surface area (Å²) in [6.45, 7) is 3.62. The van der Waals surface area contributed by atoms with Gasteiger partial charge in [-0.2, -0.15) is 0 Å². The van der Waals surface area contributed by atoms with Crippen LogP contribution in [0.25, 0.3) is 5.69 Å². The van der Waals surface area contributed by atoms with E-state index in [9.17, 15) is 4.79 Å². The lowest BCUT2D eigenvalue weighted by Gasteiger charge is -2.14. The van der Waals surface area contributed by atoms with E-state index in [1.165, 1.54) is 6.82 Å². The number of halogens is 1. The number of carbonyl (C=O) groups is 1. The minimum atomic E-state index is -1.17. The van der Waals surface area contributed by atoms with Crippen molar-refractivity contribution in [2.24, 2.45) is 4.99 Å². The molecular weight excluding hydrogens is 517 g/mol. The van der Waals surface area contributed by atoms with Crippen LogP contribution in [-0.2, 0) is 11.3 Å². The molecule has 0 bridgehead atoms. The minimum absolute atomic E-state index is 0.117. The molecule has 39 heavy (non-hydrogen) atoms. The summed E-state index contributed by atoms with van der Waals surface area (Å²) in [5.74, 6) is 1.92. The molecule has 9 nitrogen and oxygen atoms in total. The van der Waals surface area contributed by atoms with Crippen LogP contribution in [0.3, 0.4) is 0 Å². The Morgan fingerprint density at radius 3 is 2.44 bits per heavy atom. The first-order chi connectivity index (χ1) is 18.8. The Hall–Kier alpha value is -3.99. The third-order valence-electron chi connectivity index (χ3n) is 5.96. The molecular formula is C28H29BClN5O4. The van der Waals surface area contributed by atoms with Crippen molar-refractivity contribution in [2.75, 3.05) is 7.11 Å². The van der Waals surface area contributed by atoms with Gasteiger partial charge in [-0.3, -0.25) is 14.4 Å². The average molecular weight is 546 g/mol. The number of hydrogen-bond acceptors (Lipinski definition) is 7. The number of rotatable bonds is 6. The minimum Gasteiger partial charge on any atom is -0.497 e. The van der Waals surface area contributed by atoms with Crippen LogP contribution in [-0.4, -0.2) is 50.7 Å². The van der Waals surface area contributed by atoms with Gasteiger partial charge in [0.1, 0.15) is 17.6 Å². The molecule has 1 aliphatic heterocycles. The number of nitrogens with one attached hydrogen (secondary N) is 1. The topological polar surface area (TPSA) is 122 Å². The van der Waals surface area contributed by atoms with Crippen molar-refractivity contribution in [1.29, 1.82) is 0 Å². The molecule has 0 saturated carbocycles. The summed E-state index contributed by atoms with van der Waals surface area (Å²) in [4.78, 5) is 18.1. The molecule has 11 heteroatoms. The van der Waals surface area contributed by atoms with E-state index in [4.69, 9.17) is 31.4 Å². The van der Waals surface area contributed by atoms with E-state index in [1.807, 2.05) is 84.3 Å². The summed E-state index contributed by atoms with van der Waals surface area (Å²) in [6.07, 6.45) is 0.132. The first-order valence-electron chi connectivity index (χ1n) is 12.4. The van der Waals surface area contributed by atoms with Crippen molar-refractivity contribution in [1.82, 2.24) is 20.1 Å². The third-order valence-corrected chi connectivity index (χ3v) is 6.21. The van der Waals surface area contributed by atoms with E-state index >= 15 is 0 Å². The Balaban J connectivity index is 0.000000826. The van der Waals surface area contributed by atoms with Gasteiger partial charge in [0.15, 0.2) is 5.82 Å². The van der Waals surface area contributed by atoms with Crippen molar-refractivity contribution < 1.29 is 19.6 Å². The second-order valence-corrected chi connectivity index (χ2v) is 9.36. The van der Waals surface area contributed by atoms with Gasteiger partial charge in [0.05, 0.1) is 24.9 Å². The Bertz CT molecular complexity index is 1460. The summed E-state index contributed by atoms with van der Waals surface area (Å²) in [5, 5.41) is 27.6. The summed E-state index contributed by atoms with van der Waals surface area (Å²) in [7, 11) is 0.465. The molecule has 0 radical (unpaired) electrons. The molecule has 0 saturated heterocycles. The zero-order valence-corrected chi connectivity index (χ0v) is 22.6. The quantitative estimate of drug-likeness (QED) is 0.316. The average Bonchev–Trinajstić information content (AvgIpc) is 3.25. The first kappa shape index (κ1) is 28.0. The Kier molecular flexibility index (Phi) is 9.13.